The van der Waals surface area contributed by atoms with E-state index in [1.165, 1.54) is 10.6 Å². The Hall–Kier alpha value is -2.37. The van der Waals surface area contributed by atoms with E-state index in [1.807, 2.05) is 6.07 Å². The summed E-state index contributed by atoms with van der Waals surface area (Å²) in [7, 11) is 0. The second-order valence-corrected chi connectivity index (χ2v) is 4.31. The van der Waals surface area contributed by atoms with Gasteiger partial charge < -0.3 is 9.97 Å². The molecule has 0 aliphatic rings. The van der Waals surface area contributed by atoms with Crippen molar-refractivity contribution in [2.45, 2.75) is 19.9 Å². The Kier molecular flexibility index (Phi) is 2.70. The number of H-pyrrole nitrogens is 2. The summed E-state index contributed by atoms with van der Waals surface area (Å²) in [6.45, 7) is 1.95. The largest absolute Gasteiger partial charge is 0.346 e. The van der Waals surface area contributed by atoms with Crippen LogP contribution in [0.1, 0.15) is 13.3 Å². The zero-order valence-electron chi connectivity index (χ0n) is 10.4. The van der Waals surface area contributed by atoms with Gasteiger partial charge in [-0.15, -0.1) is 0 Å². The van der Waals surface area contributed by atoms with Crippen molar-refractivity contribution < 1.29 is 4.39 Å². The van der Waals surface area contributed by atoms with E-state index in [-0.39, 0.29) is 18.1 Å². The minimum atomic E-state index is -0.259. The Morgan fingerprint density at radius 2 is 2.42 bits per heavy atom. The van der Waals surface area contributed by atoms with E-state index >= 15 is 0 Å². The second-order valence-electron chi connectivity index (χ2n) is 4.31. The number of pyridine rings is 1. The van der Waals surface area contributed by atoms with Crippen molar-refractivity contribution in [3.8, 4) is 0 Å². The molecule has 0 spiro atoms. The quantitative estimate of drug-likeness (QED) is 0.759. The minimum Gasteiger partial charge on any atom is -0.346 e. The van der Waals surface area contributed by atoms with E-state index in [1.54, 1.807) is 19.3 Å². The lowest BCUT2D eigenvalue weighted by molar-refractivity contribution is 0.592. The predicted octanol–water partition coefficient (Wildman–Crippen LogP) is 2.47. The van der Waals surface area contributed by atoms with Crippen LogP contribution in [0.3, 0.4) is 0 Å². The molecule has 0 atom stereocenters. The molecule has 5 nitrogen and oxygen atoms in total. The molecule has 0 unspecified atom stereocenters. The topological polar surface area (TPSA) is 66.5 Å². The smallest absolute Gasteiger partial charge is 0.326 e. The molecule has 0 aromatic carbocycles. The predicted molar refractivity (Wildman–Crippen MR) is 71.7 cm³/mol. The van der Waals surface area contributed by atoms with Gasteiger partial charge in [-0.3, -0.25) is 4.57 Å². The second kappa shape index (κ2) is 4.38. The highest BCUT2D eigenvalue weighted by Gasteiger charge is 2.11. The average Bonchev–Trinajstić information content (AvgIpc) is 2.98. The third-order valence-electron chi connectivity index (χ3n) is 3.15. The van der Waals surface area contributed by atoms with Gasteiger partial charge in [0.25, 0.3) is 0 Å². The maximum atomic E-state index is 13.2. The molecule has 0 aliphatic carbocycles. The minimum absolute atomic E-state index is 0.211. The molecular weight excluding hydrogens is 247 g/mol. The van der Waals surface area contributed by atoms with E-state index < -0.39 is 0 Å². The number of hydrogen-bond acceptors (Lipinski definition) is 2. The summed E-state index contributed by atoms with van der Waals surface area (Å²) in [5.41, 5.74) is 1.85. The summed E-state index contributed by atoms with van der Waals surface area (Å²) in [6.07, 6.45) is 5.12. The maximum absolute atomic E-state index is 13.2. The molecule has 0 saturated heterocycles. The van der Waals surface area contributed by atoms with Crippen LogP contribution in [0.4, 0.5) is 4.39 Å². The van der Waals surface area contributed by atoms with E-state index in [2.05, 4.69) is 15.0 Å². The molecule has 0 amide bonds. The van der Waals surface area contributed by atoms with Gasteiger partial charge in [0.05, 0.1) is 23.1 Å². The Morgan fingerprint density at radius 3 is 3.21 bits per heavy atom. The lowest BCUT2D eigenvalue weighted by Crippen LogP contribution is -2.15. The highest BCUT2D eigenvalue weighted by molar-refractivity contribution is 6.00. The Labute approximate surface area is 107 Å². The average molecular weight is 260 g/mol. The first kappa shape index (κ1) is 11.7. The van der Waals surface area contributed by atoms with Gasteiger partial charge in [0.2, 0.25) is 0 Å². The number of rotatable bonds is 3. The Bertz CT molecular complexity index is 824. The molecule has 0 saturated carbocycles. The zero-order valence-corrected chi connectivity index (χ0v) is 10.4. The first-order chi connectivity index (χ1) is 9.20. The molecule has 98 valence electrons. The molecule has 6 heteroatoms. The van der Waals surface area contributed by atoms with Crippen molar-refractivity contribution in [3.63, 3.8) is 0 Å². The number of nitrogens with zero attached hydrogens (tertiary/aromatic N) is 2. The fourth-order valence-electron chi connectivity index (χ4n) is 2.17. The van der Waals surface area contributed by atoms with Crippen LogP contribution in [0.15, 0.2) is 35.2 Å². The third-order valence-corrected chi connectivity index (χ3v) is 3.15. The standard InChI is InChI=1S/C13H13FN4O/c1-2-8(14)4-6-18-11-9-3-5-15-12(9)16-7-10(11)17-13(18)19/h3-5,7H,2,6H2,1H3,(H,15,16)(H,17,19). The van der Waals surface area contributed by atoms with Crippen molar-refractivity contribution in [2.24, 2.45) is 0 Å². The fourth-order valence-corrected chi connectivity index (χ4v) is 2.17. The molecule has 3 rings (SSSR count). The lowest BCUT2D eigenvalue weighted by atomic mass is 10.3. The van der Waals surface area contributed by atoms with Crippen molar-refractivity contribution in [3.05, 3.63) is 40.8 Å². The zero-order chi connectivity index (χ0) is 13.4. The van der Waals surface area contributed by atoms with Crippen LogP contribution in [0, 0.1) is 0 Å². The third kappa shape index (κ3) is 1.85. The van der Waals surface area contributed by atoms with E-state index in [9.17, 15) is 9.18 Å². The van der Waals surface area contributed by atoms with Gasteiger partial charge in [-0.1, -0.05) is 6.92 Å². The molecule has 3 heterocycles. The molecule has 2 N–H and O–H groups in total. The molecule has 3 aromatic rings. The number of aromatic nitrogens is 4. The molecule has 0 fully saturated rings. The SMILES string of the molecule is CCC(F)=CCn1c(=O)[nH]c2cnc3[nH]ccc3c21. The van der Waals surface area contributed by atoms with Crippen LogP contribution >= 0.6 is 0 Å². The summed E-state index contributed by atoms with van der Waals surface area (Å²) in [6, 6.07) is 1.86. The number of hydrogen-bond donors (Lipinski definition) is 2. The molecule has 3 aromatic heterocycles. The summed E-state index contributed by atoms with van der Waals surface area (Å²) < 4.78 is 14.7. The highest BCUT2D eigenvalue weighted by Crippen LogP contribution is 2.20. The van der Waals surface area contributed by atoms with Gasteiger partial charge >= 0.3 is 5.69 Å². The molecule has 0 bridgehead atoms. The number of fused-ring (bicyclic) bond motifs is 3. The number of imidazole rings is 1. The van der Waals surface area contributed by atoms with Crippen molar-refractivity contribution >= 4 is 22.1 Å². The maximum Gasteiger partial charge on any atom is 0.326 e. The molecule has 0 aliphatic heterocycles. The van der Waals surface area contributed by atoms with Gasteiger partial charge in [0.1, 0.15) is 5.65 Å². The van der Waals surface area contributed by atoms with E-state index in [4.69, 9.17) is 0 Å². The van der Waals surface area contributed by atoms with Gasteiger partial charge in [-0.2, -0.15) is 0 Å². The number of halogens is 1. The van der Waals surface area contributed by atoms with Crippen LogP contribution in [0.5, 0.6) is 0 Å². The lowest BCUT2D eigenvalue weighted by Gasteiger charge is -2.00. The normalized spacial score (nSPS) is 12.6. The summed E-state index contributed by atoms with van der Waals surface area (Å²) in [5, 5.41) is 0.848. The Balaban J connectivity index is 2.25. The van der Waals surface area contributed by atoms with Crippen LogP contribution in [0.25, 0.3) is 22.1 Å². The van der Waals surface area contributed by atoms with Crippen LogP contribution in [-0.4, -0.2) is 19.5 Å². The van der Waals surface area contributed by atoms with Crippen molar-refractivity contribution in [2.75, 3.05) is 0 Å². The number of aromatic amines is 2. The van der Waals surface area contributed by atoms with Gasteiger partial charge in [0.15, 0.2) is 0 Å². The van der Waals surface area contributed by atoms with E-state index in [0.717, 1.165) is 10.9 Å². The highest BCUT2D eigenvalue weighted by atomic mass is 19.1. The summed E-state index contributed by atoms with van der Waals surface area (Å²) >= 11 is 0. The van der Waals surface area contributed by atoms with Crippen LogP contribution < -0.4 is 5.69 Å². The number of nitrogens with one attached hydrogen (secondary N) is 2. The summed E-state index contributed by atoms with van der Waals surface area (Å²) in [4.78, 5) is 21.9. The van der Waals surface area contributed by atoms with Gasteiger partial charge in [-0.05, 0) is 18.6 Å². The molecule has 0 radical (unpaired) electrons. The number of allylic oxidation sites excluding steroid dienone is 2. The fraction of sp³-hybridized carbons (Fsp3) is 0.231. The first-order valence-electron chi connectivity index (χ1n) is 6.10. The monoisotopic (exact) mass is 260 g/mol. The summed E-state index contributed by atoms with van der Waals surface area (Å²) in [5.74, 6) is -0.222. The Morgan fingerprint density at radius 1 is 1.58 bits per heavy atom. The van der Waals surface area contributed by atoms with Gasteiger partial charge in [-0.25, -0.2) is 14.2 Å². The van der Waals surface area contributed by atoms with Crippen LogP contribution in [-0.2, 0) is 6.54 Å². The molecular formula is C13H13FN4O. The van der Waals surface area contributed by atoms with Crippen molar-refractivity contribution in [1.82, 2.24) is 19.5 Å². The van der Waals surface area contributed by atoms with Crippen molar-refractivity contribution in [1.29, 1.82) is 0 Å². The van der Waals surface area contributed by atoms with Gasteiger partial charge in [0, 0.05) is 18.1 Å². The molecule has 19 heavy (non-hydrogen) atoms. The van der Waals surface area contributed by atoms with Crippen LogP contribution in [0.2, 0.25) is 0 Å². The van der Waals surface area contributed by atoms with E-state index in [0.29, 0.717) is 17.6 Å². The first-order valence-corrected chi connectivity index (χ1v) is 6.10.